The number of carbonyl (C=O) groups excluding carboxylic acids is 1. The largest absolute Gasteiger partial charge is 0.418 e. The van der Waals surface area contributed by atoms with Gasteiger partial charge < -0.3 is 20.9 Å². The van der Waals surface area contributed by atoms with Crippen molar-refractivity contribution in [1.82, 2.24) is 4.90 Å². The quantitative estimate of drug-likeness (QED) is 0.517. The minimum Gasteiger partial charge on any atom is -0.398 e. The third kappa shape index (κ3) is 6.41. The number of amides is 1. The Morgan fingerprint density at radius 1 is 1.03 bits per heavy atom. The summed E-state index contributed by atoms with van der Waals surface area (Å²) in [5.74, 6) is 0.690. The number of nitrogens with two attached hydrogens (primary N) is 1. The molecule has 1 heterocycles. The fraction of sp³-hybridized carbons (Fsp3) is 0.519. The molecule has 0 aromatic heterocycles. The zero-order chi connectivity index (χ0) is 25.0. The average molecular weight is 489 g/mol. The molecular weight excluding hydrogens is 453 g/mol. The van der Waals surface area contributed by atoms with Gasteiger partial charge in [0.05, 0.1) is 5.56 Å². The van der Waals surface area contributed by atoms with Crippen molar-refractivity contribution < 1.29 is 18.0 Å². The number of hydrogen-bond donors (Lipinski definition) is 2. The maximum atomic E-state index is 13.1. The topological polar surface area (TPSA) is 61.6 Å². The molecule has 1 aliphatic heterocycles. The molecule has 8 heteroatoms. The highest BCUT2D eigenvalue weighted by Crippen LogP contribution is 2.36. The number of alkyl halides is 3. The lowest BCUT2D eigenvalue weighted by molar-refractivity contribution is -0.137. The maximum Gasteiger partial charge on any atom is 0.418 e. The van der Waals surface area contributed by atoms with Gasteiger partial charge in [-0.15, -0.1) is 0 Å². The number of halogens is 3. The predicted octanol–water partition coefficient (Wildman–Crippen LogP) is 5.63. The zero-order valence-electron chi connectivity index (χ0n) is 20.2. The number of nitrogen functional groups attached to an aromatic ring is 1. The number of piperidine rings is 1. The minimum absolute atomic E-state index is 0.0142. The number of hydrogen-bond acceptors (Lipinski definition) is 4. The molecule has 35 heavy (non-hydrogen) atoms. The van der Waals surface area contributed by atoms with E-state index < -0.39 is 11.7 Å². The van der Waals surface area contributed by atoms with Gasteiger partial charge in [-0.2, -0.15) is 13.2 Å². The van der Waals surface area contributed by atoms with E-state index in [1.165, 1.54) is 11.8 Å². The highest BCUT2D eigenvalue weighted by molar-refractivity contribution is 5.78. The van der Waals surface area contributed by atoms with Crippen LogP contribution in [0.3, 0.4) is 0 Å². The average Bonchev–Trinajstić information content (AvgIpc) is 2.85. The van der Waals surface area contributed by atoms with Crippen molar-refractivity contribution >= 4 is 23.0 Å². The summed E-state index contributed by atoms with van der Waals surface area (Å²) in [5, 5.41) is 3.21. The Balaban J connectivity index is 1.22. The number of rotatable bonds is 6. The Kier molecular flexibility index (Phi) is 7.77. The van der Waals surface area contributed by atoms with Gasteiger partial charge in [-0.3, -0.25) is 4.79 Å². The molecule has 5 nitrogen and oxygen atoms in total. The second-order valence-corrected chi connectivity index (χ2v) is 9.98. The Labute approximate surface area is 205 Å². The molecule has 0 unspecified atom stereocenters. The first-order valence-electron chi connectivity index (χ1n) is 12.5. The van der Waals surface area contributed by atoms with E-state index >= 15 is 0 Å². The van der Waals surface area contributed by atoms with E-state index in [-0.39, 0.29) is 23.6 Å². The van der Waals surface area contributed by atoms with Crippen molar-refractivity contribution in [1.29, 1.82) is 0 Å². The fourth-order valence-electron chi connectivity index (χ4n) is 5.41. The van der Waals surface area contributed by atoms with Crippen LogP contribution >= 0.6 is 0 Å². The van der Waals surface area contributed by atoms with E-state index in [9.17, 15) is 18.0 Å². The minimum atomic E-state index is -4.48. The zero-order valence-corrected chi connectivity index (χ0v) is 20.2. The van der Waals surface area contributed by atoms with Crippen LogP contribution in [0.25, 0.3) is 0 Å². The molecule has 3 N–H and O–H groups in total. The van der Waals surface area contributed by atoms with E-state index in [0.29, 0.717) is 11.6 Å². The number of benzene rings is 2. The monoisotopic (exact) mass is 488 g/mol. The van der Waals surface area contributed by atoms with E-state index in [0.717, 1.165) is 64.2 Å². The van der Waals surface area contributed by atoms with Crippen molar-refractivity contribution in [2.45, 2.75) is 50.7 Å². The first-order chi connectivity index (χ1) is 16.7. The smallest absolute Gasteiger partial charge is 0.398 e. The summed E-state index contributed by atoms with van der Waals surface area (Å²) in [7, 11) is 1.91. The molecular formula is C27H35F3N4O. The molecule has 2 fully saturated rings. The van der Waals surface area contributed by atoms with E-state index in [1.54, 1.807) is 6.07 Å². The van der Waals surface area contributed by atoms with Crippen LogP contribution < -0.4 is 16.0 Å². The lowest BCUT2D eigenvalue weighted by Gasteiger charge is -2.36. The normalized spacial score (nSPS) is 21.5. The van der Waals surface area contributed by atoms with E-state index in [1.807, 2.05) is 18.0 Å². The van der Waals surface area contributed by atoms with Crippen LogP contribution in [0.4, 0.5) is 30.2 Å². The molecule has 2 aliphatic rings. The molecule has 190 valence electrons. The van der Waals surface area contributed by atoms with Crippen molar-refractivity contribution in [2.24, 2.45) is 11.8 Å². The molecule has 1 saturated carbocycles. The predicted molar refractivity (Wildman–Crippen MR) is 134 cm³/mol. The molecule has 0 radical (unpaired) electrons. The van der Waals surface area contributed by atoms with Gasteiger partial charge in [0, 0.05) is 55.7 Å². The summed E-state index contributed by atoms with van der Waals surface area (Å²) in [6, 6.07) is 14.4. The second kappa shape index (κ2) is 10.8. The lowest BCUT2D eigenvalue weighted by Crippen LogP contribution is -2.42. The summed E-state index contributed by atoms with van der Waals surface area (Å²) in [4.78, 5) is 17.4. The summed E-state index contributed by atoms with van der Waals surface area (Å²) < 4.78 is 39.4. The van der Waals surface area contributed by atoms with E-state index in [2.05, 4.69) is 34.5 Å². The van der Waals surface area contributed by atoms with Crippen molar-refractivity contribution in [3.63, 3.8) is 0 Å². The van der Waals surface area contributed by atoms with Gasteiger partial charge in [-0.1, -0.05) is 18.2 Å². The van der Waals surface area contributed by atoms with Gasteiger partial charge in [-0.25, -0.2) is 0 Å². The molecule has 0 atom stereocenters. The summed E-state index contributed by atoms with van der Waals surface area (Å²) in [6.45, 7) is 2.80. The van der Waals surface area contributed by atoms with Crippen LogP contribution in [0, 0.1) is 11.8 Å². The van der Waals surface area contributed by atoms with E-state index in [4.69, 9.17) is 5.73 Å². The second-order valence-electron chi connectivity index (χ2n) is 9.98. The Hall–Kier alpha value is -2.90. The first kappa shape index (κ1) is 25.2. The number of anilines is 3. The van der Waals surface area contributed by atoms with Gasteiger partial charge >= 0.3 is 6.18 Å². The Morgan fingerprint density at radius 2 is 1.69 bits per heavy atom. The summed E-state index contributed by atoms with van der Waals surface area (Å²) >= 11 is 0. The Bertz CT molecular complexity index is 982. The van der Waals surface area contributed by atoms with Crippen LogP contribution in [-0.4, -0.2) is 43.5 Å². The maximum absolute atomic E-state index is 13.1. The number of nitrogens with one attached hydrogen (secondary N) is 1. The van der Waals surface area contributed by atoms with Crippen LogP contribution in [0.15, 0.2) is 48.5 Å². The van der Waals surface area contributed by atoms with Gasteiger partial charge in [0.25, 0.3) is 0 Å². The fourth-order valence-corrected chi connectivity index (χ4v) is 5.41. The third-order valence-electron chi connectivity index (χ3n) is 7.45. The first-order valence-corrected chi connectivity index (χ1v) is 12.5. The van der Waals surface area contributed by atoms with Crippen molar-refractivity contribution in [2.75, 3.05) is 42.6 Å². The summed E-state index contributed by atoms with van der Waals surface area (Å²) in [5.41, 5.74) is 6.08. The number of para-hydroxylation sites is 1. The number of nitrogens with zero attached hydrogens (tertiary/aromatic N) is 2. The molecule has 1 saturated heterocycles. The highest BCUT2D eigenvalue weighted by atomic mass is 19.4. The molecule has 0 bridgehead atoms. The molecule has 0 spiro atoms. The SMILES string of the molecule is CN(CC1CCN(c2ccccc2)CC1)C(=O)C1CCC(Nc2ccc(N)c(C(F)(F)F)c2)CC1. The molecule has 2 aromatic rings. The van der Waals surface area contributed by atoms with Crippen molar-refractivity contribution in [3.8, 4) is 0 Å². The van der Waals surface area contributed by atoms with Gasteiger partial charge in [0.1, 0.15) is 0 Å². The Morgan fingerprint density at radius 3 is 2.31 bits per heavy atom. The van der Waals surface area contributed by atoms with Crippen LogP contribution in [0.1, 0.15) is 44.1 Å². The van der Waals surface area contributed by atoms with Crippen LogP contribution in [0.2, 0.25) is 0 Å². The number of carbonyl (C=O) groups is 1. The van der Waals surface area contributed by atoms with Crippen LogP contribution in [0.5, 0.6) is 0 Å². The van der Waals surface area contributed by atoms with Gasteiger partial charge in [-0.05, 0) is 74.8 Å². The standard InChI is InChI=1S/C27H35F3N4O/c1-33(18-19-13-15-34(16-14-19)23-5-3-2-4-6-23)26(35)20-7-9-21(10-8-20)32-22-11-12-25(31)24(17-22)27(28,29)30/h2-6,11-12,17,19-21,32H,7-10,13-16,18,31H2,1H3. The lowest BCUT2D eigenvalue weighted by atomic mass is 9.84. The van der Waals surface area contributed by atoms with Crippen molar-refractivity contribution in [3.05, 3.63) is 54.1 Å². The third-order valence-corrected chi connectivity index (χ3v) is 7.45. The molecule has 1 aliphatic carbocycles. The molecule has 1 amide bonds. The van der Waals surface area contributed by atoms with Crippen LogP contribution in [-0.2, 0) is 11.0 Å². The molecule has 4 rings (SSSR count). The van der Waals surface area contributed by atoms with Gasteiger partial charge in [0.15, 0.2) is 0 Å². The molecule has 2 aromatic carbocycles. The highest BCUT2D eigenvalue weighted by Gasteiger charge is 2.34. The van der Waals surface area contributed by atoms with Gasteiger partial charge in [0.2, 0.25) is 5.91 Å². The summed E-state index contributed by atoms with van der Waals surface area (Å²) in [6.07, 6.45) is 0.670.